The second-order valence-electron chi connectivity index (χ2n) is 4.31. The normalized spacial score (nSPS) is 13.0. The van der Waals surface area contributed by atoms with Crippen molar-refractivity contribution in [1.29, 1.82) is 0 Å². The summed E-state index contributed by atoms with van der Waals surface area (Å²) in [6, 6.07) is 7.39. The maximum Gasteiger partial charge on any atom is 0.152 e. The van der Waals surface area contributed by atoms with Gasteiger partial charge in [0.15, 0.2) is 5.58 Å². The third kappa shape index (κ3) is 3.70. The largest absolute Gasteiger partial charge is 0.458 e. The molecule has 2 N–H and O–H groups in total. The standard InChI is InChI=1S/C14H18ClNO3/c1-17-7-8-18-6-5-12(16)13-9-10-3-2-4-11(15)14(10)19-13/h2-4,9,12H,5-8,16H2,1H3. The van der Waals surface area contributed by atoms with Gasteiger partial charge in [-0.05, 0) is 18.6 Å². The Labute approximate surface area is 117 Å². The molecule has 104 valence electrons. The minimum atomic E-state index is -0.189. The zero-order valence-electron chi connectivity index (χ0n) is 10.9. The monoisotopic (exact) mass is 283 g/mol. The minimum absolute atomic E-state index is 0.189. The second kappa shape index (κ2) is 6.91. The Morgan fingerprint density at radius 3 is 2.89 bits per heavy atom. The Balaban J connectivity index is 1.94. The first-order valence-electron chi connectivity index (χ1n) is 6.22. The highest BCUT2D eigenvalue weighted by Gasteiger charge is 2.13. The van der Waals surface area contributed by atoms with E-state index in [4.69, 9.17) is 31.2 Å². The molecule has 0 bridgehead atoms. The third-order valence-corrected chi connectivity index (χ3v) is 3.18. The summed E-state index contributed by atoms with van der Waals surface area (Å²) < 4.78 is 16.0. The Kier molecular flexibility index (Phi) is 5.22. The van der Waals surface area contributed by atoms with Crippen molar-refractivity contribution >= 4 is 22.6 Å². The van der Waals surface area contributed by atoms with Crippen LogP contribution >= 0.6 is 11.6 Å². The van der Waals surface area contributed by atoms with E-state index >= 15 is 0 Å². The fraction of sp³-hybridized carbons (Fsp3) is 0.429. The van der Waals surface area contributed by atoms with E-state index < -0.39 is 0 Å². The average molecular weight is 284 g/mol. The summed E-state index contributed by atoms with van der Waals surface area (Å²) in [6.07, 6.45) is 0.696. The van der Waals surface area contributed by atoms with Crippen LogP contribution in [0.4, 0.5) is 0 Å². The molecule has 2 aromatic rings. The minimum Gasteiger partial charge on any atom is -0.458 e. The number of nitrogens with two attached hydrogens (primary N) is 1. The number of hydrogen-bond donors (Lipinski definition) is 1. The van der Waals surface area contributed by atoms with Crippen LogP contribution in [0.15, 0.2) is 28.7 Å². The van der Waals surface area contributed by atoms with Gasteiger partial charge < -0.3 is 19.6 Å². The van der Waals surface area contributed by atoms with Crippen LogP contribution in [-0.4, -0.2) is 26.9 Å². The summed E-state index contributed by atoms with van der Waals surface area (Å²) in [6.45, 7) is 1.75. The molecule has 2 rings (SSSR count). The molecule has 1 heterocycles. The van der Waals surface area contributed by atoms with Gasteiger partial charge >= 0.3 is 0 Å². The molecule has 1 atom stereocenters. The average Bonchev–Trinajstić information content (AvgIpc) is 2.84. The number of methoxy groups -OCH3 is 1. The maximum atomic E-state index is 6.08. The van der Waals surface area contributed by atoms with Gasteiger partial charge in [0, 0.05) is 19.1 Å². The van der Waals surface area contributed by atoms with Crippen LogP contribution in [0.3, 0.4) is 0 Å². The van der Waals surface area contributed by atoms with E-state index in [1.54, 1.807) is 13.2 Å². The van der Waals surface area contributed by atoms with Crippen molar-refractivity contribution in [2.24, 2.45) is 5.73 Å². The Morgan fingerprint density at radius 2 is 2.16 bits per heavy atom. The fourth-order valence-electron chi connectivity index (χ4n) is 1.83. The molecule has 0 saturated heterocycles. The van der Waals surface area contributed by atoms with Crippen molar-refractivity contribution in [3.8, 4) is 0 Å². The number of halogens is 1. The van der Waals surface area contributed by atoms with Crippen molar-refractivity contribution in [3.63, 3.8) is 0 Å². The van der Waals surface area contributed by atoms with Crippen LogP contribution in [0, 0.1) is 0 Å². The zero-order chi connectivity index (χ0) is 13.7. The molecule has 1 aromatic carbocycles. The summed E-state index contributed by atoms with van der Waals surface area (Å²) in [4.78, 5) is 0. The second-order valence-corrected chi connectivity index (χ2v) is 4.71. The number of ether oxygens (including phenoxy) is 2. The maximum absolute atomic E-state index is 6.08. The number of hydrogen-bond acceptors (Lipinski definition) is 4. The molecule has 0 aliphatic heterocycles. The summed E-state index contributed by atoms with van der Waals surface area (Å²) in [7, 11) is 1.65. The van der Waals surface area contributed by atoms with E-state index in [2.05, 4.69) is 0 Å². The number of fused-ring (bicyclic) bond motifs is 1. The molecule has 0 saturated carbocycles. The first kappa shape index (κ1) is 14.3. The number of para-hydroxylation sites is 1. The molecule has 0 amide bonds. The first-order valence-corrected chi connectivity index (χ1v) is 6.60. The van der Waals surface area contributed by atoms with Gasteiger partial charge in [0.05, 0.1) is 24.3 Å². The lowest BCUT2D eigenvalue weighted by atomic mass is 10.1. The van der Waals surface area contributed by atoms with E-state index in [0.29, 0.717) is 36.8 Å². The highest BCUT2D eigenvalue weighted by Crippen LogP contribution is 2.29. The van der Waals surface area contributed by atoms with Crippen molar-refractivity contribution in [2.75, 3.05) is 26.9 Å². The van der Waals surface area contributed by atoms with Crippen LogP contribution < -0.4 is 5.73 Å². The zero-order valence-corrected chi connectivity index (χ0v) is 11.7. The molecule has 1 aromatic heterocycles. The van der Waals surface area contributed by atoms with Crippen LogP contribution in [-0.2, 0) is 9.47 Å². The molecule has 5 heteroatoms. The molecule has 0 radical (unpaired) electrons. The van der Waals surface area contributed by atoms with Gasteiger partial charge in [0.2, 0.25) is 0 Å². The van der Waals surface area contributed by atoms with Gasteiger partial charge in [-0.2, -0.15) is 0 Å². The van der Waals surface area contributed by atoms with Gasteiger partial charge in [0.1, 0.15) is 5.76 Å². The van der Waals surface area contributed by atoms with Crippen LogP contribution in [0.2, 0.25) is 5.02 Å². The highest BCUT2D eigenvalue weighted by molar-refractivity contribution is 6.34. The van der Waals surface area contributed by atoms with Crippen molar-refractivity contribution in [3.05, 3.63) is 35.0 Å². The topological polar surface area (TPSA) is 57.6 Å². The molecule has 0 aliphatic carbocycles. The molecule has 0 spiro atoms. The van der Waals surface area contributed by atoms with E-state index in [1.165, 1.54) is 0 Å². The van der Waals surface area contributed by atoms with Crippen LogP contribution in [0.1, 0.15) is 18.2 Å². The molecule has 0 aliphatic rings. The Bertz CT molecular complexity index is 526. The lowest BCUT2D eigenvalue weighted by Crippen LogP contribution is -2.13. The van der Waals surface area contributed by atoms with Gasteiger partial charge in [-0.15, -0.1) is 0 Å². The van der Waals surface area contributed by atoms with Crippen molar-refractivity contribution in [1.82, 2.24) is 0 Å². The van der Waals surface area contributed by atoms with E-state index in [0.717, 1.165) is 11.1 Å². The lowest BCUT2D eigenvalue weighted by Gasteiger charge is -2.08. The molecule has 0 fully saturated rings. The fourth-order valence-corrected chi connectivity index (χ4v) is 2.05. The highest BCUT2D eigenvalue weighted by atomic mass is 35.5. The van der Waals surface area contributed by atoms with Crippen molar-refractivity contribution in [2.45, 2.75) is 12.5 Å². The molecule has 19 heavy (non-hydrogen) atoms. The lowest BCUT2D eigenvalue weighted by molar-refractivity contribution is 0.0665. The summed E-state index contributed by atoms with van der Waals surface area (Å²) >= 11 is 6.06. The molecular weight excluding hydrogens is 266 g/mol. The summed E-state index contributed by atoms with van der Waals surface area (Å²) in [5.74, 6) is 0.735. The Morgan fingerprint density at radius 1 is 1.32 bits per heavy atom. The molecule has 4 nitrogen and oxygen atoms in total. The SMILES string of the molecule is COCCOCCC(N)c1cc2cccc(Cl)c2o1. The van der Waals surface area contributed by atoms with Crippen LogP contribution in [0.25, 0.3) is 11.0 Å². The predicted molar refractivity (Wildman–Crippen MR) is 75.5 cm³/mol. The first-order chi connectivity index (χ1) is 9.22. The van der Waals surface area contributed by atoms with Gasteiger partial charge in [-0.25, -0.2) is 0 Å². The number of furan rings is 1. The smallest absolute Gasteiger partial charge is 0.152 e. The quantitative estimate of drug-likeness (QED) is 0.793. The Hall–Kier alpha value is -1.07. The van der Waals surface area contributed by atoms with Gasteiger partial charge in [-0.1, -0.05) is 23.7 Å². The van der Waals surface area contributed by atoms with Crippen LogP contribution in [0.5, 0.6) is 0 Å². The van der Waals surface area contributed by atoms with Gasteiger partial charge in [-0.3, -0.25) is 0 Å². The van der Waals surface area contributed by atoms with Gasteiger partial charge in [0.25, 0.3) is 0 Å². The molecule has 1 unspecified atom stereocenters. The van der Waals surface area contributed by atoms with E-state index in [1.807, 2.05) is 18.2 Å². The summed E-state index contributed by atoms with van der Waals surface area (Å²) in [5.41, 5.74) is 6.77. The molecular formula is C14H18ClNO3. The number of benzene rings is 1. The van der Waals surface area contributed by atoms with E-state index in [-0.39, 0.29) is 6.04 Å². The predicted octanol–water partition coefficient (Wildman–Crippen LogP) is 3.14. The van der Waals surface area contributed by atoms with Crippen molar-refractivity contribution < 1.29 is 13.9 Å². The third-order valence-electron chi connectivity index (χ3n) is 2.89. The van der Waals surface area contributed by atoms with E-state index in [9.17, 15) is 0 Å². The number of rotatable bonds is 7. The summed E-state index contributed by atoms with van der Waals surface area (Å²) in [5, 5.41) is 1.57.